The first kappa shape index (κ1) is 12.5. The fraction of sp³-hybridized carbons (Fsp3) is 0.933. The second-order valence-corrected chi connectivity index (χ2v) is 7.30. The molecule has 0 aromatic carbocycles. The van der Waals surface area contributed by atoms with Gasteiger partial charge in [-0.25, -0.2) is 0 Å². The van der Waals surface area contributed by atoms with E-state index in [4.69, 9.17) is 5.73 Å². The molecule has 3 rings (SSSR count). The number of hydrogen-bond acceptors (Lipinski definition) is 2. The number of carbonyl (C=O) groups is 1. The highest BCUT2D eigenvalue weighted by Gasteiger charge is 2.48. The van der Waals surface area contributed by atoms with Crippen LogP contribution in [0, 0.1) is 11.3 Å². The standard InChI is InChI=1S/C15H26N2O/c1-15(2)7-3-4-13(15)14(18)17-11-5-6-12(17)9-10(16)8-11/h10-13H,3-9,16H2,1-2H3. The van der Waals surface area contributed by atoms with E-state index in [2.05, 4.69) is 18.7 Å². The van der Waals surface area contributed by atoms with E-state index in [9.17, 15) is 4.79 Å². The van der Waals surface area contributed by atoms with Crippen molar-refractivity contribution in [3.8, 4) is 0 Å². The van der Waals surface area contributed by atoms with E-state index in [1.165, 1.54) is 25.7 Å². The van der Waals surface area contributed by atoms with Crippen LogP contribution in [-0.4, -0.2) is 28.9 Å². The fourth-order valence-corrected chi connectivity index (χ4v) is 4.54. The molecule has 0 spiro atoms. The van der Waals surface area contributed by atoms with Crippen molar-refractivity contribution in [1.82, 2.24) is 4.90 Å². The first-order chi connectivity index (χ1) is 8.49. The Hall–Kier alpha value is -0.570. The molecule has 3 aliphatic rings. The number of nitrogens with zero attached hydrogens (tertiary/aromatic N) is 1. The van der Waals surface area contributed by atoms with Crippen LogP contribution in [0.2, 0.25) is 0 Å². The van der Waals surface area contributed by atoms with Gasteiger partial charge >= 0.3 is 0 Å². The third-order valence-corrected chi connectivity index (χ3v) is 5.58. The van der Waals surface area contributed by atoms with E-state index in [0.717, 1.165) is 19.3 Å². The molecule has 18 heavy (non-hydrogen) atoms. The van der Waals surface area contributed by atoms with Crippen molar-refractivity contribution in [3.05, 3.63) is 0 Å². The van der Waals surface area contributed by atoms with E-state index < -0.39 is 0 Å². The smallest absolute Gasteiger partial charge is 0.226 e. The van der Waals surface area contributed by atoms with Crippen LogP contribution in [0.3, 0.4) is 0 Å². The summed E-state index contributed by atoms with van der Waals surface area (Å²) >= 11 is 0. The average Bonchev–Trinajstić information content (AvgIpc) is 2.76. The Labute approximate surface area is 110 Å². The molecule has 2 bridgehead atoms. The van der Waals surface area contributed by atoms with Crippen molar-refractivity contribution in [1.29, 1.82) is 0 Å². The predicted molar refractivity (Wildman–Crippen MR) is 72.0 cm³/mol. The SMILES string of the molecule is CC1(C)CCCC1C(=O)N1C2CCC1CC(N)C2. The molecule has 2 heterocycles. The third-order valence-electron chi connectivity index (χ3n) is 5.58. The lowest BCUT2D eigenvalue weighted by atomic mass is 9.80. The average molecular weight is 250 g/mol. The van der Waals surface area contributed by atoms with E-state index in [1.54, 1.807) is 0 Å². The summed E-state index contributed by atoms with van der Waals surface area (Å²) in [5.41, 5.74) is 6.29. The number of hydrogen-bond donors (Lipinski definition) is 1. The highest BCUT2D eigenvalue weighted by atomic mass is 16.2. The molecule has 0 aromatic rings. The molecule has 3 nitrogen and oxygen atoms in total. The Balaban J connectivity index is 1.77. The maximum absolute atomic E-state index is 12.9. The predicted octanol–water partition coefficient (Wildman–Crippen LogP) is 2.29. The van der Waals surface area contributed by atoms with Crippen molar-refractivity contribution >= 4 is 5.91 Å². The van der Waals surface area contributed by atoms with Crippen molar-refractivity contribution in [2.24, 2.45) is 17.1 Å². The summed E-state index contributed by atoms with van der Waals surface area (Å²) in [4.78, 5) is 15.1. The largest absolute Gasteiger partial charge is 0.336 e. The van der Waals surface area contributed by atoms with Crippen LogP contribution in [0.15, 0.2) is 0 Å². The molecule has 1 amide bonds. The van der Waals surface area contributed by atoms with Gasteiger partial charge in [-0.1, -0.05) is 20.3 Å². The van der Waals surface area contributed by atoms with Gasteiger partial charge < -0.3 is 10.6 Å². The lowest BCUT2D eigenvalue weighted by Gasteiger charge is -2.41. The van der Waals surface area contributed by atoms with Crippen LogP contribution < -0.4 is 5.73 Å². The normalized spacial score (nSPS) is 42.3. The molecule has 3 unspecified atom stereocenters. The molecule has 2 N–H and O–H groups in total. The first-order valence-electron chi connectivity index (χ1n) is 7.57. The Morgan fingerprint density at radius 1 is 1.17 bits per heavy atom. The molecule has 1 saturated carbocycles. The molecular weight excluding hydrogens is 224 g/mol. The van der Waals surface area contributed by atoms with E-state index in [-0.39, 0.29) is 11.3 Å². The van der Waals surface area contributed by atoms with Crippen molar-refractivity contribution in [2.75, 3.05) is 0 Å². The van der Waals surface area contributed by atoms with E-state index in [0.29, 0.717) is 24.0 Å². The summed E-state index contributed by atoms with van der Waals surface area (Å²) < 4.78 is 0. The van der Waals surface area contributed by atoms with Gasteiger partial charge in [0.05, 0.1) is 0 Å². The number of nitrogens with two attached hydrogens (primary N) is 1. The minimum Gasteiger partial charge on any atom is -0.336 e. The molecule has 3 fully saturated rings. The van der Waals surface area contributed by atoms with Gasteiger partial charge in [-0.15, -0.1) is 0 Å². The second-order valence-electron chi connectivity index (χ2n) is 7.30. The van der Waals surface area contributed by atoms with Crippen LogP contribution in [0.4, 0.5) is 0 Å². The quantitative estimate of drug-likeness (QED) is 0.776. The van der Waals surface area contributed by atoms with Gasteiger partial charge in [0.1, 0.15) is 0 Å². The maximum Gasteiger partial charge on any atom is 0.226 e. The molecule has 3 atom stereocenters. The number of piperidine rings is 1. The Bertz CT molecular complexity index is 338. The molecule has 102 valence electrons. The number of rotatable bonds is 1. The monoisotopic (exact) mass is 250 g/mol. The van der Waals surface area contributed by atoms with Gasteiger partial charge in [0.15, 0.2) is 0 Å². The number of fused-ring (bicyclic) bond motifs is 2. The van der Waals surface area contributed by atoms with Crippen LogP contribution in [0.1, 0.15) is 58.8 Å². The summed E-state index contributed by atoms with van der Waals surface area (Å²) in [5.74, 6) is 0.701. The zero-order chi connectivity index (χ0) is 12.9. The minimum atomic E-state index is 0.204. The van der Waals surface area contributed by atoms with Crippen LogP contribution >= 0.6 is 0 Å². The zero-order valence-corrected chi connectivity index (χ0v) is 11.7. The first-order valence-corrected chi connectivity index (χ1v) is 7.57. The van der Waals surface area contributed by atoms with Gasteiger partial charge in [0.2, 0.25) is 5.91 Å². The number of amides is 1. The summed E-state index contributed by atoms with van der Waals surface area (Å²) in [5, 5.41) is 0. The summed E-state index contributed by atoms with van der Waals surface area (Å²) in [6.45, 7) is 4.53. The Kier molecular flexibility index (Phi) is 2.92. The summed E-state index contributed by atoms with van der Waals surface area (Å²) in [6, 6.07) is 1.22. The highest BCUT2D eigenvalue weighted by Crippen LogP contribution is 2.46. The molecule has 0 radical (unpaired) electrons. The molecule has 0 aromatic heterocycles. The van der Waals surface area contributed by atoms with Crippen molar-refractivity contribution in [2.45, 2.75) is 76.9 Å². The Morgan fingerprint density at radius 3 is 2.28 bits per heavy atom. The lowest BCUT2D eigenvalue weighted by molar-refractivity contribution is -0.143. The van der Waals surface area contributed by atoms with Gasteiger partial charge in [-0.05, 0) is 43.9 Å². The van der Waals surface area contributed by atoms with Gasteiger partial charge in [-0.3, -0.25) is 4.79 Å². The van der Waals surface area contributed by atoms with E-state index in [1.807, 2.05) is 0 Å². The van der Waals surface area contributed by atoms with Gasteiger partial charge in [-0.2, -0.15) is 0 Å². The van der Waals surface area contributed by atoms with Crippen molar-refractivity contribution in [3.63, 3.8) is 0 Å². The number of carbonyl (C=O) groups excluding carboxylic acids is 1. The summed E-state index contributed by atoms with van der Waals surface area (Å²) in [6.07, 6.45) is 7.91. The molecule has 1 aliphatic carbocycles. The zero-order valence-electron chi connectivity index (χ0n) is 11.7. The minimum absolute atomic E-state index is 0.204. The van der Waals surface area contributed by atoms with Crippen LogP contribution in [0.25, 0.3) is 0 Å². The van der Waals surface area contributed by atoms with Crippen molar-refractivity contribution < 1.29 is 4.79 Å². The molecule has 2 aliphatic heterocycles. The highest BCUT2D eigenvalue weighted by molar-refractivity contribution is 5.81. The third kappa shape index (κ3) is 1.87. The van der Waals surface area contributed by atoms with Crippen LogP contribution in [0.5, 0.6) is 0 Å². The summed E-state index contributed by atoms with van der Waals surface area (Å²) in [7, 11) is 0. The lowest BCUT2D eigenvalue weighted by Crippen LogP contribution is -2.53. The van der Waals surface area contributed by atoms with Gasteiger partial charge in [0, 0.05) is 24.0 Å². The van der Waals surface area contributed by atoms with E-state index >= 15 is 0 Å². The topological polar surface area (TPSA) is 46.3 Å². The van der Waals surface area contributed by atoms with Crippen LogP contribution in [-0.2, 0) is 4.79 Å². The Morgan fingerprint density at radius 2 is 1.78 bits per heavy atom. The maximum atomic E-state index is 12.9. The molecule has 2 saturated heterocycles. The van der Waals surface area contributed by atoms with Gasteiger partial charge in [0.25, 0.3) is 0 Å². The molecular formula is C15H26N2O. The molecule has 3 heteroatoms. The second kappa shape index (κ2) is 4.22. The fourth-order valence-electron chi connectivity index (χ4n) is 4.54.